The number of aromatic nitrogens is 2. The van der Waals surface area contributed by atoms with Crippen molar-refractivity contribution in [3.8, 4) is 6.07 Å². The number of piperazine rings is 1. The Morgan fingerprint density at radius 1 is 1.16 bits per heavy atom. The fraction of sp³-hybridized carbons (Fsp3) is 0.222. The van der Waals surface area contributed by atoms with Gasteiger partial charge in [-0.1, -0.05) is 6.07 Å². The second-order valence-corrected chi connectivity index (χ2v) is 6.72. The zero-order chi connectivity index (χ0) is 17.2. The van der Waals surface area contributed by atoms with Crippen molar-refractivity contribution < 1.29 is 4.79 Å². The van der Waals surface area contributed by atoms with Crippen LogP contribution in [0.3, 0.4) is 0 Å². The summed E-state index contributed by atoms with van der Waals surface area (Å²) >= 11 is 1.64. The van der Waals surface area contributed by atoms with Gasteiger partial charge < -0.3 is 9.80 Å². The molecule has 0 N–H and O–H groups in total. The number of anilines is 1. The van der Waals surface area contributed by atoms with Gasteiger partial charge in [-0.3, -0.25) is 4.79 Å². The third-order valence-corrected chi connectivity index (χ3v) is 5.23. The highest BCUT2D eigenvalue weighted by Crippen LogP contribution is 2.28. The fourth-order valence-electron chi connectivity index (χ4n) is 3.03. The van der Waals surface area contributed by atoms with E-state index in [-0.39, 0.29) is 5.91 Å². The fourth-order valence-corrected chi connectivity index (χ4v) is 3.89. The van der Waals surface area contributed by atoms with Gasteiger partial charge in [-0.25, -0.2) is 9.97 Å². The molecule has 0 bridgehead atoms. The van der Waals surface area contributed by atoms with Gasteiger partial charge in [-0.15, -0.1) is 11.3 Å². The van der Waals surface area contributed by atoms with Crippen LogP contribution in [0.25, 0.3) is 10.2 Å². The molecule has 2 aromatic heterocycles. The standard InChI is InChI=1S/C18H15N5OS/c19-11-13-2-1-3-14(10-13)18(24)23-7-5-22(6-8-23)17-16-15(4-9-25-16)20-12-21-17/h1-4,9-10,12H,5-8H2. The van der Waals surface area contributed by atoms with E-state index in [1.54, 1.807) is 41.9 Å². The van der Waals surface area contributed by atoms with Gasteiger partial charge in [0.1, 0.15) is 12.1 Å². The molecule has 124 valence electrons. The lowest BCUT2D eigenvalue weighted by atomic mass is 10.1. The van der Waals surface area contributed by atoms with E-state index in [1.807, 2.05) is 16.3 Å². The van der Waals surface area contributed by atoms with Gasteiger partial charge in [0.2, 0.25) is 0 Å². The molecule has 0 unspecified atom stereocenters. The van der Waals surface area contributed by atoms with Crippen LogP contribution in [0.2, 0.25) is 0 Å². The molecule has 0 atom stereocenters. The first-order valence-electron chi connectivity index (χ1n) is 7.99. The van der Waals surface area contributed by atoms with E-state index in [1.165, 1.54) is 0 Å². The van der Waals surface area contributed by atoms with Crippen molar-refractivity contribution in [1.82, 2.24) is 14.9 Å². The number of thiophene rings is 1. The van der Waals surface area contributed by atoms with Gasteiger partial charge in [0, 0.05) is 31.7 Å². The molecule has 1 amide bonds. The lowest BCUT2D eigenvalue weighted by molar-refractivity contribution is 0.0746. The molecule has 25 heavy (non-hydrogen) atoms. The second kappa shape index (κ2) is 6.49. The number of hydrogen-bond donors (Lipinski definition) is 0. The predicted octanol–water partition coefficient (Wildman–Crippen LogP) is 2.53. The topological polar surface area (TPSA) is 73.1 Å². The third kappa shape index (κ3) is 2.92. The molecule has 0 spiro atoms. The molecule has 1 saturated heterocycles. The van der Waals surface area contributed by atoms with E-state index >= 15 is 0 Å². The highest BCUT2D eigenvalue weighted by Gasteiger charge is 2.24. The first kappa shape index (κ1) is 15.5. The van der Waals surface area contributed by atoms with Gasteiger partial charge >= 0.3 is 0 Å². The quantitative estimate of drug-likeness (QED) is 0.711. The smallest absolute Gasteiger partial charge is 0.254 e. The van der Waals surface area contributed by atoms with Crippen LogP contribution in [0.4, 0.5) is 5.82 Å². The Hall–Kier alpha value is -2.98. The molecule has 1 aromatic carbocycles. The lowest BCUT2D eigenvalue weighted by Crippen LogP contribution is -2.49. The second-order valence-electron chi connectivity index (χ2n) is 5.80. The van der Waals surface area contributed by atoms with Gasteiger partial charge in [0.25, 0.3) is 5.91 Å². The van der Waals surface area contributed by atoms with Gasteiger partial charge in [0.05, 0.1) is 21.8 Å². The maximum atomic E-state index is 12.7. The molecule has 4 rings (SSSR count). The van der Waals surface area contributed by atoms with Gasteiger partial charge in [-0.05, 0) is 29.6 Å². The Morgan fingerprint density at radius 3 is 2.80 bits per heavy atom. The predicted molar refractivity (Wildman–Crippen MR) is 96.7 cm³/mol. The molecule has 3 aromatic rings. The first-order valence-corrected chi connectivity index (χ1v) is 8.87. The van der Waals surface area contributed by atoms with Crippen LogP contribution in [0, 0.1) is 11.3 Å². The largest absolute Gasteiger partial charge is 0.352 e. The Labute approximate surface area is 149 Å². The third-order valence-electron chi connectivity index (χ3n) is 4.33. The summed E-state index contributed by atoms with van der Waals surface area (Å²) in [7, 11) is 0. The summed E-state index contributed by atoms with van der Waals surface area (Å²) in [5, 5.41) is 11.0. The van der Waals surface area contributed by atoms with Gasteiger partial charge in [0.15, 0.2) is 0 Å². The molecule has 1 fully saturated rings. The average Bonchev–Trinajstić information content (AvgIpc) is 3.16. The molecule has 1 aliphatic heterocycles. The summed E-state index contributed by atoms with van der Waals surface area (Å²) in [4.78, 5) is 25.4. The molecule has 0 aliphatic carbocycles. The molecular formula is C18H15N5OS. The summed E-state index contributed by atoms with van der Waals surface area (Å²) < 4.78 is 1.09. The Morgan fingerprint density at radius 2 is 2.00 bits per heavy atom. The minimum absolute atomic E-state index is 0.0271. The number of fused-ring (bicyclic) bond motifs is 1. The molecular weight excluding hydrogens is 334 g/mol. The summed E-state index contributed by atoms with van der Waals surface area (Å²) in [5.74, 6) is 0.916. The summed E-state index contributed by atoms with van der Waals surface area (Å²) in [6.07, 6.45) is 1.59. The van der Waals surface area contributed by atoms with Crippen LogP contribution in [-0.2, 0) is 0 Å². The number of benzene rings is 1. The normalized spacial score (nSPS) is 14.5. The highest BCUT2D eigenvalue weighted by molar-refractivity contribution is 7.17. The molecule has 0 saturated carbocycles. The van der Waals surface area contributed by atoms with Crippen LogP contribution in [0.15, 0.2) is 42.0 Å². The van der Waals surface area contributed by atoms with Crippen LogP contribution in [0.5, 0.6) is 0 Å². The van der Waals surface area contributed by atoms with Gasteiger partial charge in [-0.2, -0.15) is 5.26 Å². The Balaban J connectivity index is 1.49. The minimum atomic E-state index is -0.0271. The van der Waals surface area contributed by atoms with E-state index in [9.17, 15) is 4.79 Å². The number of carbonyl (C=O) groups excluding carboxylic acids is 1. The van der Waals surface area contributed by atoms with Crippen LogP contribution >= 0.6 is 11.3 Å². The Kier molecular flexibility index (Phi) is 4.04. The number of rotatable bonds is 2. The van der Waals surface area contributed by atoms with Crippen molar-refractivity contribution in [3.05, 3.63) is 53.2 Å². The number of hydrogen-bond acceptors (Lipinski definition) is 6. The summed E-state index contributed by atoms with van der Waals surface area (Å²) in [6, 6.07) is 10.9. The molecule has 6 nitrogen and oxygen atoms in total. The summed E-state index contributed by atoms with van der Waals surface area (Å²) in [5.41, 5.74) is 2.03. The van der Waals surface area contributed by atoms with Crippen molar-refractivity contribution in [2.24, 2.45) is 0 Å². The number of nitriles is 1. The monoisotopic (exact) mass is 349 g/mol. The molecule has 1 aliphatic rings. The zero-order valence-corrected chi connectivity index (χ0v) is 14.2. The first-order chi connectivity index (χ1) is 12.3. The van der Waals surface area contributed by atoms with Crippen molar-refractivity contribution >= 4 is 33.3 Å². The SMILES string of the molecule is N#Cc1cccc(C(=O)N2CCN(c3ncnc4ccsc34)CC2)c1. The summed E-state index contributed by atoms with van der Waals surface area (Å²) in [6.45, 7) is 2.72. The van der Waals surface area contributed by atoms with E-state index in [0.29, 0.717) is 24.2 Å². The number of amides is 1. The van der Waals surface area contributed by atoms with E-state index in [4.69, 9.17) is 5.26 Å². The van der Waals surface area contributed by atoms with Crippen molar-refractivity contribution in [3.63, 3.8) is 0 Å². The van der Waals surface area contributed by atoms with Crippen molar-refractivity contribution in [1.29, 1.82) is 5.26 Å². The Bertz CT molecular complexity index is 969. The zero-order valence-electron chi connectivity index (χ0n) is 13.4. The highest BCUT2D eigenvalue weighted by atomic mass is 32.1. The van der Waals surface area contributed by atoms with E-state index in [0.717, 1.165) is 29.1 Å². The average molecular weight is 349 g/mol. The molecule has 3 heterocycles. The number of nitrogens with zero attached hydrogens (tertiary/aromatic N) is 5. The van der Waals surface area contributed by atoms with Crippen LogP contribution < -0.4 is 4.90 Å². The van der Waals surface area contributed by atoms with Crippen LogP contribution in [-0.4, -0.2) is 47.0 Å². The van der Waals surface area contributed by atoms with E-state index < -0.39 is 0 Å². The van der Waals surface area contributed by atoms with Crippen LogP contribution in [0.1, 0.15) is 15.9 Å². The maximum Gasteiger partial charge on any atom is 0.254 e. The molecule has 7 heteroatoms. The molecule has 0 radical (unpaired) electrons. The maximum absolute atomic E-state index is 12.7. The number of carbonyl (C=O) groups is 1. The minimum Gasteiger partial charge on any atom is -0.352 e. The van der Waals surface area contributed by atoms with Crippen molar-refractivity contribution in [2.45, 2.75) is 0 Å². The lowest BCUT2D eigenvalue weighted by Gasteiger charge is -2.35. The van der Waals surface area contributed by atoms with E-state index in [2.05, 4.69) is 20.9 Å². The van der Waals surface area contributed by atoms with Crippen molar-refractivity contribution in [2.75, 3.05) is 31.1 Å².